The summed E-state index contributed by atoms with van der Waals surface area (Å²) in [6.07, 6.45) is 8.55. The highest BCUT2D eigenvalue weighted by Gasteiger charge is 2.25. The van der Waals surface area contributed by atoms with Gasteiger partial charge in [0.1, 0.15) is 10.8 Å². The summed E-state index contributed by atoms with van der Waals surface area (Å²) in [7, 11) is 1.92. The van der Waals surface area contributed by atoms with E-state index in [1.54, 1.807) is 29.9 Å². The van der Waals surface area contributed by atoms with Crippen molar-refractivity contribution in [2.24, 2.45) is 12.8 Å². The van der Waals surface area contributed by atoms with Gasteiger partial charge < -0.3 is 16.4 Å². The van der Waals surface area contributed by atoms with Gasteiger partial charge in [0.25, 0.3) is 0 Å². The zero-order valence-corrected chi connectivity index (χ0v) is 19.5. The number of thiophene rings is 1. The molecule has 5 rings (SSSR count). The number of nitrogens with zero attached hydrogens (tertiary/aromatic N) is 5. The maximum absolute atomic E-state index is 13.4. The predicted octanol–water partition coefficient (Wildman–Crippen LogP) is 3.48. The minimum Gasteiger partial charge on any atom is -0.390 e. The van der Waals surface area contributed by atoms with E-state index in [4.69, 9.17) is 11.5 Å². The van der Waals surface area contributed by atoms with E-state index in [2.05, 4.69) is 20.0 Å². The van der Waals surface area contributed by atoms with E-state index >= 15 is 0 Å². The van der Waals surface area contributed by atoms with Crippen LogP contribution in [0.5, 0.6) is 0 Å². The van der Waals surface area contributed by atoms with Crippen LogP contribution in [-0.2, 0) is 13.5 Å². The summed E-state index contributed by atoms with van der Waals surface area (Å²) in [5, 5.41) is 7.77. The fourth-order valence-corrected chi connectivity index (χ4v) is 5.96. The number of fused-ring (bicyclic) bond motifs is 1. The van der Waals surface area contributed by atoms with Gasteiger partial charge in [-0.05, 0) is 25.3 Å². The van der Waals surface area contributed by atoms with E-state index in [0.29, 0.717) is 16.1 Å². The summed E-state index contributed by atoms with van der Waals surface area (Å²) in [6.45, 7) is 1.78. The van der Waals surface area contributed by atoms with Gasteiger partial charge in [-0.25, -0.2) is 4.98 Å². The number of hydrogen-bond donors (Lipinski definition) is 2. The van der Waals surface area contributed by atoms with Gasteiger partial charge in [-0.2, -0.15) is 5.10 Å². The fraction of sp³-hybridized carbons (Fsp3) is 0.364. The molecule has 1 aliphatic heterocycles. The van der Waals surface area contributed by atoms with Gasteiger partial charge in [0.2, 0.25) is 0 Å². The Bertz CT molecular complexity index is 1260. The standard InChI is InChI=1S/C22H25N7OS2/c1-28-22(29-6-2-3-15(23)4-7-29)14(12-27-28)9-16(30)18-19-17(32-20(18)24)10-13(11-26-19)21-25-5-8-31-21/h5,8,10-12,15H,2-4,6-7,9,23-24H2,1H3. The smallest absolute Gasteiger partial charge is 0.172 e. The lowest BCUT2D eigenvalue weighted by molar-refractivity contribution is 0.0995. The first-order valence-electron chi connectivity index (χ1n) is 10.6. The number of thiazole rings is 1. The van der Waals surface area contributed by atoms with Crippen LogP contribution in [0.2, 0.25) is 0 Å². The Morgan fingerprint density at radius 3 is 2.94 bits per heavy atom. The number of Topliss-reactive ketones (excluding diaryl/α,β-unsaturated/α-hetero) is 1. The molecule has 0 amide bonds. The van der Waals surface area contributed by atoms with Crippen LogP contribution < -0.4 is 16.4 Å². The third-order valence-corrected chi connectivity index (χ3v) is 7.70. The predicted molar refractivity (Wildman–Crippen MR) is 130 cm³/mol. The van der Waals surface area contributed by atoms with E-state index < -0.39 is 0 Å². The Kier molecular flexibility index (Phi) is 5.66. The molecule has 10 heteroatoms. The third-order valence-electron chi connectivity index (χ3n) is 5.92. The molecule has 0 spiro atoms. The normalized spacial score (nSPS) is 17.1. The van der Waals surface area contributed by atoms with Crippen LogP contribution in [0.1, 0.15) is 35.2 Å². The summed E-state index contributed by atoms with van der Waals surface area (Å²) < 4.78 is 2.75. The first kappa shape index (κ1) is 21.0. The Labute approximate surface area is 193 Å². The second-order valence-electron chi connectivity index (χ2n) is 8.14. The Morgan fingerprint density at radius 2 is 2.12 bits per heavy atom. The molecule has 166 valence electrons. The molecule has 0 radical (unpaired) electrons. The molecule has 1 fully saturated rings. The number of aryl methyl sites for hydroxylation is 1. The largest absolute Gasteiger partial charge is 0.390 e. The number of carbonyl (C=O) groups excluding carboxylic acids is 1. The molecule has 1 aliphatic rings. The van der Waals surface area contributed by atoms with E-state index in [0.717, 1.165) is 59.0 Å². The van der Waals surface area contributed by atoms with Crippen LogP contribution in [0.3, 0.4) is 0 Å². The first-order chi connectivity index (χ1) is 15.5. The molecule has 0 bridgehead atoms. The van der Waals surface area contributed by atoms with Crippen molar-refractivity contribution in [3.63, 3.8) is 0 Å². The monoisotopic (exact) mass is 467 g/mol. The zero-order valence-electron chi connectivity index (χ0n) is 17.8. The molecule has 4 aromatic heterocycles. The maximum Gasteiger partial charge on any atom is 0.172 e. The van der Waals surface area contributed by atoms with Gasteiger partial charge in [0, 0.05) is 61.5 Å². The molecule has 5 heterocycles. The summed E-state index contributed by atoms with van der Waals surface area (Å²) in [5.41, 5.74) is 15.5. The average molecular weight is 468 g/mol. The lowest BCUT2D eigenvalue weighted by Crippen LogP contribution is -2.29. The van der Waals surface area contributed by atoms with E-state index in [1.807, 2.05) is 23.2 Å². The van der Waals surface area contributed by atoms with Crippen molar-refractivity contribution in [2.75, 3.05) is 23.7 Å². The number of nitrogens with two attached hydrogens (primary N) is 2. The number of ketones is 1. The molecular formula is C22H25N7OS2. The van der Waals surface area contributed by atoms with Crippen molar-refractivity contribution in [3.05, 3.63) is 41.2 Å². The van der Waals surface area contributed by atoms with Crippen LogP contribution in [0.4, 0.5) is 10.8 Å². The lowest BCUT2D eigenvalue weighted by Gasteiger charge is -2.24. The minimum atomic E-state index is -0.0379. The molecule has 0 saturated carbocycles. The second kappa shape index (κ2) is 8.61. The lowest BCUT2D eigenvalue weighted by atomic mass is 10.0. The van der Waals surface area contributed by atoms with Crippen LogP contribution in [0.25, 0.3) is 20.8 Å². The second-order valence-corrected chi connectivity index (χ2v) is 10.1. The quantitative estimate of drug-likeness (QED) is 0.432. The molecule has 1 unspecified atom stereocenters. The van der Waals surface area contributed by atoms with Gasteiger partial charge in [-0.3, -0.25) is 14.5 Å². The summed E-state index contributed by atoms with van der Waals surface area (Å²) in [4.78, 5) is 24.6. The van der Waals surface area contributed by atoms with Crippen molar-refractivity contribution in [1.82, 2.24) is 19.7 Å². The average Bonchev–Trinajstić information content (AvgIpc) is 3.46. The van der Waals surface area contributed by atoms with Crippen molar-refractivity contribution in [2.45, 2.75) is 31.7 Å². The number of anilines is 2. The highest BCUT2D eigenvalue weighted by Crippen LogP contribution is 2.36. The third kappa shape index (κ3) is 3.89. The zero-order chi connectivity index (χ0) is 22.2. The van der Waals surface area contributed by atoms with Crippen molar-refractivity contribution < 1.29 is 4.79 Å². The Morgan fingerprint density at radius 1 is 1.25 bits per heavy atom. The van der Waals surface area contributed by atoms with Crippen molar-refractivity contribution >= 4 is 49.5 Å². The van der Waals surface area contributed by atoms with Crippen LogP contribution in [0.15, 0.2) is 30.0 Å². The van der Waals surface area contributed by atoms with E-state index in [9.17, 15) is 4.79 Å². The fourth-order valence-electron chi connectivity index (χ4n) is 4.35. The van der Waals surface area contributed by atoms with Gasteiger partial charge in [-0.15, -0.1) is 22.7 Å². The van der Waals surface area contributed by atoms with Gasteiger partial charge >= 0.3 is 0 Å². The number of aromatic nitrogens is 4. The number of nitrogen functional groups attached to an aromatic ring is 1. The molecule has 0 aromatic carbocycles. The van der Waals surface area contributed by atoms with Crippen LogP contribution >= 0.6 is 22.7 Å². The molecule has 0 aliphatic carbocycles. The number of carbonyl (C=O) groups is 1. The molecule has 8 nitrogen and oxygen atoms in total. The first-order valence-corrected chi connectivity index (χ1v) is 12.3. The van der Waals surface area contributed by atoms with Crippen molar-refractivity contribution in [3.8, 4) is 10.6 Å². The maximum atomic E-state index is 13.4. The van der Waals surface area contributed by atoms with Gasteiger partial charge in [-0.1, -0.05) is 0 Å². The molecule has 32 heavy (non-hydrogen) atoms. The minimum absolute atomic E-state index is 0.0379. The highest BCUT2D eigenvalue weighted by molar-refractivity contribution is 7.23. The van der Waals surface area contributed by atoms with E-state index in [1.165, 1.54) is 11.3 Å². The molecular weight excluding hydrogens is 442 g/mol. The number of rotatable bonds is 5. The highest BCUT2D eigenvalue weighted by atomic mass is 32.1. The molecule has 1 saturated heterocycles. The van der Waals surface area contributed by atoms with Crippen molar-refractivity contribution in [1.29, 1.82) is 0 Å². The van der Waals surface area contributed by atoms with E-state index in [-0.39, 0.29) is 18.2 Å². The molecule has 4 aromatic rings. The topological polar surface area (TPSA) is 116 Å². The van der Waals surface area contributed by atoms with Gasteiger partial charge in [0.05, 0.1) is 27.0 Å². The summed E-state index contributed by atoms with van der Waals surface area (Å²) in [6, 6.07) is 2.24. The Balaban J connectivity index is 1.44. The van der Waals surface area contributed by atoms with Gasteiger partial charge in [0.15, 0.2) is 5.78 Å². The summed E-state index contributed by atoms with van der Waals surface area (Å²) >= 11 is 2.95. The molecule has 1 atom stereocenters. The Hall–Kier alpha value is -2.82. The SMILES string of the molecule is Cn1ncc(CC(=O)c2c(N)sc3cc(-c4nccs4)cnc23)c1N1CCCC(N)CC1. The number of hydrogen-bond acceptors (Lipinski definition) is 9. The van der Waals surface area contributed by atoms with Crippen LogP contribution in [0, 0.1) is 0 Å². The molecule has 4 N–H and O–H groups in total. The summed E-state index contributed by atoms with van der Waals surface area (Å²) in [5.74, 6) is 0.952. The van der Waals surface area contributed by atoms with Crippen LogP contribution in [-0.4, -0.2) is 44.7 Å². The number of pyridine rings is 1.